The van der Waals surface area contributed by atoms with Crippen molar-refractivity contribution >= 4 is 5.97 Å². The maximum Gasteiger partial charge on any atom is 0.308 e. The van der Waals surface area contributed by atoms with Gasteiger partial charge in [0.25, 0.3) is 0 Å². The molecule has 3 atom stereocenters. The Kier molecular flexibility index (Phi) is 5.09. The Morgan fingerprint density at radius 1 is 1.53 bits per heavy atom. The SMILES string of the molecule is CC1CCCC(OC(=O)C(C)CCN)C1. The number of hydrogen-bond acceptors (Lipinski definition) is 3. The van der Waals surface area contributed by atoms with Crippen molar-refractivity contribution in [2.75, 3.05) is 6.54 Å². The Morgan fingerprint density at radius 3 is 2.87 bits per heavy atom. The van der Waals surface area contributed by atoms with Gasteiger partial charge in [-0.3, -0.25) is 4.79 Å². The molecule has 2 N–H and O–H groups in total. The molecule has 3 unspecified atom stereocenters. The third-order valence-electron chi connectivity index (χ3n) is 3.17. The molecule has 0 heterocycles. The van der Waals surface area contributed by atoms with Crippen molar-refractivity contribution in [3.05, 3.63) is 0 Å². The Labute approximate surface area is 92.4 Å². The fourth-order valence-electron chi connectivity index (χ4n) is 2.13. The molecule has 88 valence electrons. The van der Waals surface area contributed by atoms with Crippen molar-refractivity contribution < 1.29 is 9.53 Å². The number of nitrogens with two attached hydrogens (primary N) is 1. The average Bonchev–Trinajstić information content (AvgIpc) is 2.18. The van der Waals surface area contributed by atoms with Gasteiger partial charge in [-0.25, -0.2) is 0 Å². The first kappa shape index (κ1) is 12.5. The van der Waals surface area contributed by atoms with Gasteiger partial charge in [-0.1, -0.05) is 20.3 Å². The number of esters is 1. The van der Waals surface area contributed by atoms with E-state index in [1.165, 1.54) is 12.8 Å². The van der Waals surface area contributed by atoms with Crippen LogP contribution < -0.4 is 5.73 Å². The van der Waals surface area contributed by atoms with Crippen LogP contribution in [0.4, 0.5) is 0 Å². The molecule has 1 aliphatic rings. The largest absolute Gasteiger partial charge is 0.462 e. The van der Waals surface area contributed by atoms with Crippen molar-refractivity contribution in [2.24, 2.45) is 17.6 Å². The van der Waals surface area contributed by atoms with E-state index in [1.54, 1.807) is 0 Å². The van der Waals surface area contributed by atoms with Gasteiger partial charge < -0.3 is 10.5 Å². The number of rotatable bonds is 4. The number of ether oxygens (including phenoxy) is 1. The van der Waals surface area contributed by atoms with Gasteiger partial charge in [0.15, 0.2) is 0 Å². The van der Waals surface area contributed by atoms with Crippen LogP contribution in [0.3, 0.4) is 0 Å². The van der Waals surface area contributed by atoms with Crippen molar-refractivity contribution in [3.8, 4) is 0 Å². The van der Waals surface area contributed by atoms with Crippen molar-refractivity contribution in [2.45, 2.75) is 52.1 Å². The molecule has 1 fully saturated rings. The fraction of sp³-hybridized carbons (Fsp3) is 0.917. The van der Waals surface area contributed by atoms with E-state index in [4.69, 9.17) is 10.5 Å². The van der Waals surface area contributed by atoms with E-state index in [9.17, 15) is 4.79 Å². The molecule has 1 rings (SSSR count). The molecule has 0 spiro atoms. The highest BCUT2D eigenvalue weighted by Crippen LogP contribution is 2.26. The highest BCUT2D eigenvalue weighted by molar-refractivity contribution is 5.72. The maximum absolute atomic E-state index is 11.6. The zero-order valence-corrected chi connectivity index (χ0v) is 9.87. The third kappa shape index (κ3) is 4.20. The standard InChI is InChI=1S/C12H23NO2/c1-9-4-3-5-11(8-9)15-12(14)10(2)6-7-13/h9-11H,3-8,13H2,1-2H3. The van der Waals surface area contributed by atoms with Crippen LogP contribution >= 0.6 is 0 Å². The molecule has 1 aliphatic carbocycles. The minimum atomic E-state index is -0.0699. The van der Waals surface area contributed by atoms with Crippen LogP contribution in [0.2, 0.25) is 0 Å². The Bertz CT molecular complexity index is 206. The third-order valence-corrected chi connectivity index (χ3v) is 3.17. The fourth-order valence-corrected chi connectivity index (χ4v) is 2.13. The van der Waals surface area contributed by atoms with Crippen LogP contribution in [0.25, 0.3) is 0 Å². The van der Waals surface area contributed by atoms with E-state index in [0.29, 0.717) is 12.5 Å². The normalized spacial score (nSPS) is 28.5. The van der Waals surface area contributed by atoms with E-state index in [-0.39, 0.29) is 18.0 Å². The summed E-state index contributed by atoms with van der Waals surface area (Å²) < 4.78 is 5.48. The second-order valence-electron chi connectivity index (χ2n) is 4.81. The number of carbonyl (C=O) groups excluding carboxylic acids is 1. The lowest BCUT2D eigenvalue weighted by atomic mass is 9.88. The number of carbonyl (C=O) groups is 1. The monoisotopic (exact) mass is 213 g/mol. The van der Waals surface area contributed by atoms with E-state index in [2.05, 4.69) is 6.92 Å². The highest BCUT2D eigenvalue weighted by atomic mass is 16.5. The van der Waals surface area contributed by atoms with Gasteiger partial charge in [0.2, 0.25) is 0 Å². The molecule has 3 heteroatoms. The summed E-state index contributed by atoms with van der Waals surface area (Å²) in [4.78, 5) is 11.6. The molecule has 0 aromatic rings. The van der Waals surface area contributed by atoms with E-state index in [1.807, 2.05) is 6.92 Å². The van der Waals surface area contributed by atoms with Crippen LogP contribution in [0.5, 0.6) is 0 Å². The zero-order valence-electron chi connectivity index (χ0n) is 9.87. The lowest BCUT2D eigenvalue weighted by Gasteiger charge is -2.27. The Balaban J connectivity index is 2.30. The molecular formula is C12H23NO2. The molecule has 0 aliphatic heterocycles. The minimum Gasteiger partial charge on any atom is -0.462 e. The molecule has 0 aromatic carbocycles. The second kappa shape index (κ2) is 6.11. The molecule has 0 aromatic heterocycles. The summed E-state index contributed by atoms with van der Waals surface area (Å²) >= 11 is 0. The lowest BCUT2D eigenvalue weighted by molar-refractivity contribution is -0.155. The summed E-state index contributed by atoms with van der Waals surface area (Å²) in [5.74, 6) is 0.577. The first-order chi connectivity index (χ1) is 7.13. The van der Waals surface area contributed by atoms with Crippen LogP contribution in [0, 0.1) is 11.8 Å². The zero-order chi connectivity index (χ0) is 11.3. The molecule has 0 bridgehead atoms. The van der Waals surface area contributed by atoms with Crippen LogP contribution in [0.15, 0.2) is 0 Å². The molecule has 0 amide bonds. The molecule has 15 heavy (non-hydrogen) atoms. The van der Waals surface area contributed by atoms with Crippen LogP contribution in [-0.4, -0.2) is 18.6 Å². The Morgan fingerprint density at radius 2 is 2.27 bits per heavy atom. The topological polar surface area (TPSA) is 52.3 Å². The lowest BCUT2D eigenvalue weighted by Crippen LogP contribution is -2.28. The molecular weight excluding hydrogens is 190 g/mol. The summed E-state index contributed by atoms with van der Waals surface area (Å²) in [7, 11) is 0. The van der Waals surface area contributed by atoms with E-state index < -0.39 is 0 Å². The molecule has 3 nitrogen and oxygen atoms in total. The van der Waals surface area contributed by atoms with E-state index >= 15 is 0 Å². The van der Waals surface area contributed by atoms with Crippen LogP contribution in [0.1, 0.15) is 46.0 Å². The van der Waals surface area contributed by atoms with Gasteiger partial charge in [-0.05, 0) is 38.1 Å². The van der Waals surface area contributed by atoms with Gasteiger partial charge in [0.05, 0.1) is 5.92 Å². The summed E-state index contributed by atoms with van der Waals surface area (Å²) in [6, 6.07) is 0. The van der Waals surface area contributed by atoms with Gasteiger partial charge in [0.1, 0.15) is 6.10 Å². The van der Waals surface area contributed by atoms with Gasteiger partial charge in [-0.2, -0.15) is 0 Å². The van der Waals surface area contributed by atoms with Gasteiger partial charge >= 0.3 is 5.97 Å². The minimum absolute atomic E-state index is 0.0489. The summed E-state index contributed by atoms with van der Waals surface area (Å²) in [6.45, 7) is 4.67. The predicted molar refractivity (Wildman–Crippen MR) is 60.3 cm³/mol. The highest BCUT2D eigenvalue weighted by Gasteiger charge is 2.24. The van der Waals surface area contributed by atoms with Crippen molar-refractivity contribution in [3.63, 3.8) is 0 Å². The smallest absolute Gasteiger partial charge is 0.308 e. The molecule has 0 radical (unpaired) electrons. The molecule has 1 saturated carbocycles. The summed E-state index contributed by atoms with van der Waals surface area (Å²) in [5, 5.41) is 0. The second-order valence-corrected chi connectivity index (χ2v) is 4.81. The maximum atomic E-state index is 11.6. The Hall–Kier alpha value is -0.570. The quantitative estimate of drug-likeness (QED) is 0.727. The van der Waals surface area contributed by atoms with Crippen molar-refractivity contribution in [1.82, 2.24) is 0 Å². The summed E-state index contributed by atoms with van der Waals surface area (Å²) in [6.07, 6.45) is 5.39. The predicted octanol–water partition coefficient (Wildman–Crippen LogP) is 2.09. The number of hydrogen-bond donors (Lipinski definition) is 1. The van der Waals surface area contributed by atoms with Crippen molar-refractivity contribution in [1.29, 1.82) is 0 Å². The average molecular weight is 213 g/mol. The van der Waals surface area contributed by atoms with Crippen LogP contribution in [-0.2, 0) is 9.53 Å². The first-order valence-corrected chi connectivity index (χ1v) is 6.04. The van der Waals surface area contributed by atoms with E-state index in [0.717, 1.165) is 19.3 Å². The molecule has 0 saturated heterocycles. The van der Waals surface area contributed by atoms with Gasteiger partial charge in [-0.15, -0.1) is 0 Å². The van der Waals surface area contributed by atoms with Gasteiger partial charge in [0, 0.05) is 0 Å². The summed E-state index contributed by atoms with van der Waals surface area (Å²) in [5.41, 5.74) is 5.41. The first-order valence-electron chi connectivity index (χ1n) is 6.04.